The smallest absolute Gasteiger partial charge is 0.237 e. The van der Waals surface area contributed by atoms with Gasteiger partial charge in [-0.15, -0.1) is 0 Å². The molecule has 0 bridgehead atoms. The third kappa shape index (κ3) is 1.65. The van der Waals surface area contributed by atoms with E-state index in [2.05, 4.69) is 0 Å². The summed E-state index contributed by atoms with van der Waals surface area (Å²) in [7, 11) is 0. The summed E-state index contributed by atoms with van der Waals surface area (Å²) in [6, 6.07) is 7.32. The van der Waals surface area contributed by atoms with Crippen molar-refractivity contribution in [2.75, 3.05) is 13.2 Å². The molecular weight excluding hydrogens is 246 g/mol. The van der Waals surface area contributed by atoms with Gasteiger partial charge in [-0.1, -0.05) is 18.2 Å². The minimum atomic E-state index is -0.478. The van der Waals surface area contributed by atoms with Crippen LogP contribution in [0.25, 0.3) is 0 Å². The van der Waals surface area contributed by atoms with Gasteiger partial charge in [-0.3, -0.25) is 14.5 Å². The van der Waals surface area contributed by atoms with Crippen LogP contribution in [0.4, 0.5) is 0 Å². The predicted molar refractivity (Wildman–Crippen MR) is 66.6 cm³/mol. The molecule has 5 heteroatoms. The molecule has 2 aliphatic heterocycles. The number of para-hydroxylation sites is 1. The summed E-state index contributed by atoms with van der Waals surface area (Å²) >= 11 is 0. The molecule has 0 radical (unpaired) electrons. The van der Waals surface area contributed by atoms with Gasteiger partial charge in [0.2, 0.25) is 11.8 Å². The van der Waals surface area contributed by atoms with E-state index < -0.39 is 11.8 Å². The number of aliphatic hydroxyl groups is 1. The molecule has 19 heavy (non-hydrogen) atoms. The second kappa shape index (κ2) is 4.35. The highest BCUT2D eigenvalue weighted by atomic mass is 16.5. The Morgan fingerprint density at radius 1 is 1.26 bits per heavy atom. The van der Waals surface area contributed by atoms with Crippen molar-refractivity contribution >= 4 is 11.8 Å². The molecule has 2 amide bonds. The average molecular weight is 261 g/mol. The fourth-order valence-corrected chi connectivity index (χ4v) is 2.99. The zero-order valence-corrected chi connectivity index (χ0v) is 10.6. The third-order valence-corrected chi connectivity index (χ3v) is 3.84. The molecule has 2 aliphatic rings. The summed E-state index contributed by atoms with van der Waals surface area (Å²) in [6.07, 6.45) is -0.333. The number of carbonyl (C=O) groups excluding carboxylic acids is 2. The van der Waals surface area contributed by atoms with Crippen molar-refractivity contribution in [3.8, 4) is 5.75 Å². The molecule has 2 heterocycles. The van der Waals surface area contributed by atoms with E-state index >= 15 is 0 Å². The molecule has 3 atom stereocenters. The van der Waals surface area contributed by atoms with Gasteiger partial charge in [-0.05, 0) is 13.0 Å². The molecule has 3 unspecified atom stereocenters. The standard InChI is InChI=1S/C14H15NO4/c1-8-11-12(9-4-2-3-5-10(9)19-8)14(18)15(6-7-16)13(11)17/h2-5,8,11-12,16H,6-7H2,1H3. The monoisotopic (exact) mass is 261 g/mol. The molecule has 0 aliphatic carbocycles. The lowest BCUT2D eigenvalue weighted by atomic mass is 9.82. The maximum absolute atomic E-state index is 12.4. The van der Waals surface area contributed by atoms with Gasteiger partial charge in [0.25, 0.3) is 0 Å². The van der Waals surface area contributed by atoms with E-state index in [1.807, 2.05) is 24.3 Å². The number of ether oxygens (including phenoxy) is 1. The molecular formula is C14H15NO4. The maximum atomic E-state index is 12.4. The Hall–Kier alpha value is -1.88. The van der Waals surface area contributed by atoms with Crippen LogP contribution in [0.1, 0.15) is 18.4 Å². The summed E-state index contributed by atoms with van der Waals surface area (Å²) in [4.78, 5) is 25.8. The van der Waals surface area contributed by atoms with Crippen molar-refractivity contribution in [2.24, 2.45) is 5.92 Å². The minimum Gasteiger partial charge on any atom is -0.490 e. The molecule has 1 aromatic rings. The number of rotatable bonds is 2. The Balaban J connectivity index is 2.07. The molecule has 1 fully saturated rings. The number of imide groups is 1. The molecule has 0 saturated carbocycles. The number of carbonyl (C=O) groups is 2. The van der Waals surface area contributed by atoms with Crippen LogP contribution in [0, 0.1) is 5.92 Å². The maximum Gasteiger partial charge on any atom is 0.237 e. The number of β-amino-alcohol motifs (C(OH)–C–C–N with tert-alkyl or cyclic N) is 1. The largest absolute Gasteiger partial charge is 0.490 e. The molecule has 5 nitrogen and oxygen atoms in total. The van der Waals surface area contributed by atoms with Crippen molar-refractivity contribution in [1.82, 2.24) is 4.90 Å². The zero-order chi connectivity index (χ0) is 13.6. The van der Waals surface area contributed by atoms with Crippen LogP contribution >= 0.6 is 0 Å². The van der Waals surface area contributed by atoms with Crippen LogP contribution < -0.4 is 4.74 Å². The van der Waals surface area contributed by atoms with Crippen molar-refractivity contribution in [2.45, 2.75) is 18.9 Å². The Labute approximate surface area is 110 Å². The number of aliphatic hydroxyl groups excluding tert-OH is 1. The van der Waals surface area contributed by atoms with Gasteiger partial charge in [0, 0.05) is 5.56 Å². The second-order valence-electron chi connectivity index (χ2n) is 4.92. The van der Waals surface area contributed by atoms with Gasteiger partial charge >= 0.3 is 0 Å². The first-order valence-electron chi connectivity index (χ1n) is 6.37. The van der Waals surface area contributed by atoms with Crippen LogP contribution in [0.3, 0.4) is 0 Å². The van der Waals surface area contributed by atoms with E-state index in [0.29, 0.717) is 5.75 Å². The van der Waals surface area contributed by atoms with Crippen LogP contribution in [0.2, 0.25) is 0 Å². The van der Waals surface area contributed by atoms with Crippen LogP contribution in [0.15, 0.2) is 24.3 Å². The Kier molecular flexibility index (Phi) is 2.78. The van der Waals surface area contributed by atoms with Gasteiger partial charge in [0.05, 0.1) is 25.0 Å². The van der Waals surface area contributed by atoms with Gasteiger partial charge in [0.15, 0.2) is 0 Å². The zero-order valence-electron chi connectivity index (χ0n) is 10.6. The molecule has 0 aromatic heterocycles. The molecule has 1 N–H and O–H groups in total. The summed E-state index contributed by atoms with van der Waals surface area (Å²) < 4.78 is 5.73. The molecule has 3 rings (SSSR count). The number of benzene rings is 1. The van der Waals surface area contributed by atoms with Crippen molar-refractivity contribution in [1.29, 1.82) is 0 Å². The number of fused-ring (bicyclic) bond motifs is 3. The number of nitrogens with zero attached hydrogens (tertiary/aromatic N) is 1. The highest BCUT2D eigenvalue weighted by Gasteiger charge is 2.54. The quantitative estimate of drug-likeness (QED) is 0.789. The van der Waals surface area contributed by atoms with Crippen LogP contribution in [0.5, 0.6) is 5.75 Å². The Bertz CT molecular complexity index is 542. The van der Waals surface area contributed by atoms with Crippen molar-refractivity contribution in [3.63, 3.8) is 0 Å². The number of likely N-dealkylation sites (tertiary alicyclic amines) is 1. The normalized spacial score (nSPS) is 28.9. The molecule has 0 spiro atoms. The van der Waals surface area contributed by atoms with Gasteiger partial charge < -0.3 is 9.84 Å². The highest BCUT2D eigenvalue weighted by Crippen LogP contribution is 2.45. The van der Waals surface area contributed by atoms with Gasteiger partial charge in [0.1, 0.15) is 11.9 Å². The average Bonchev–Trinajstić information content (AvgIpc) is 2.65. The van der Waals surface area contributed by atoms with Crippen LogP contribution in [-0.2, 0) is 9.59 Å². The summed E-state index contributed by atoms with van der Waals surface area (Å²) in [5.41, 5.74) is 0.768. The number of hydrogen-bond acceptors (Lipinski definition) is 4. The fourth-order valence-electron chi connectivity index (χ4n) is 2.99. The molecule has 1 saturated heterocycles. The van der Waals surface area contributed by atoms with E-state index in [1.54, 1.807) is 6.92 Å². The fraction of sp³-hybridized carbons (Fsp3) is 0.429. The minimum absolute atomic E-state index is 0.0551. The first kappa shape index (κ1) is 12.2. The lowest BCUT2D eigenvalue weighted by Crippen LogP contribution is -2.37. The summed E-state index contributed by atoms with van der Waals surface area (Å²) in [6.45, 7) is 1.65. The Morgan fingerprint density at radius 2 is 2.00 bits per heavy atom. The number of amides is 2. The second-order valence-corrected chi connectivity index (χ2v) is 4.92. The number of hydrogen-bond donors (Lipinski definition) is 1. The summed E-state index contributed by atoms with van der Waals surface area (Å²) in [5.74, 6) is -0.756. The van der Waals surface area contributed by atoms with Crippen molar-refractivity contribution in [3.05, 3.63) is 29.8 Å². The van der Waals surface area contributed by atoms with Gasteiger partial charge in [-0.25, -0.2) is 0 Å². The van der Waals surface area contributed by atoms with Crippen LogP contribution in [-0.4, -0.2) is 41.1 Å². The van der Waals surface area contributed by atoms with E-state index in [-0.39, 0.29) is 31.1 Å². The van der Waals surface area contributed by atoms with Gasteiger partial charge in [-0.2, -0.15) is 0 Å². The lowest BCUT2D eigenvalue weighted by Gasteiger charge is -2.30. The van der Waals surface area contributed by atoms with E-state index in [1.165, 1.54) is 0 Å². The van der Waals surface area contributed by atoms with E-state index in [4.69, 9.17) is 9.84 Å². The van der Waals surface area contributed by atoms with Crippen molar-refractivity contribution < 1.29 is 19.4 Å². The topological polar surface area (TPSA) is 66.8 Å². The summed E-state index contributed by atoms with van der Waals surface area (Å²) in [5, 5.41) is 8.98. The molecule has 1 aromatic carbocycles. The highest BCUT2D eigenvalue weighted by molar-refractivity contribution is 6.08. The van der Waals surface area contributed by atoms with E-state index in [0.717, 1.165) is 10.5 Å². The third-order valence-electron chi connectivity index (χ3n) is 3.84. The van der Waals surface area contributed by atoms with E-state index in [9.17, 15) is 9.59 Å². The molecule has 100 valence electrons. The first-order valence-corrected chi connectivity index (χ1v) is 6.37. The lowest BCUT2D eigenvalue weighted by molar-refractivity contribution is -0.140. The first-order chi connectivity index (χ1) is 9.15. The predicted octanol–water partition coefficient (Wildman–Crippen LogP) is 0.528. The SMILES string of the molecule is CC1Oc2ccccc2C2C(=O)N(CCO)C(=O)C12. The Morgan fingerprint density at radius 3 is 2.74 bits per heavy atom.